The predicted molar refractivity (Wildman–Crippen MR) is 128 cm³/mol. The molecule has 0 saturated heterocycles. The summed E-state index contributed by atoms with van der Waals surface area (Å²) in [5.41, 5.74) is 9.83. The van der Waals surface area contributed by atoms with E-state index in [2.05, 4.69) is 26.9 Å². The molecule has 32 heavy (non-hydrogen) atoms. The first-order valence-corrected chi connectivity index (χ1v) is 11.7. The summed E-state index contributed by atoms with van der Waals surface area (Å²) in [6, 6.07) is 9.87. The number of anilines is 1. The Labute approximate surface area is 191 Å². The van der Waals surface area contributed by atoms with Gasteiger partial charge in [0.1, 0.15) is 0 Å². The standard InChI is InChI=1S/C23H29N5O3S.2H2/c1-14-10-15(2)19(16(3)11-14)13-28-20(25-22(26-28)23(4,5)6)21(29)27-32(30,31)18-9-7-8-17(24)12-18;;/h7-12H,13,24H2,1-6H3,(H,27,29);2*1H. The molecular formula is C23H33N5O3S. The number of benzene rings is 2. The molecular weight excluding hydrogens is 426 g/mol. The Balaban J connectivity index is 0.00000289. The number of sulfonamides is 1. The molecule has 1 aromatic heterocycles. The fraction of sp³-hybridized carbons (Fsp3) is 0.348. The maximum Gasteiger partial charge on any atom is 0.302 e. The number of amides is 1. The van der Waals surface area contributed by atoms with E-state index in [4.69, 9.17) is 5.73 Å². The molecule has 0 bridgehead atoms. The minimum absolute atomic E-state index is 0. The quantitative estimate of drug-likeness (QED) is 0.561. The van der Waals surface area contributed by atoms with Gasteiger partial charge in [-0.15, -0.1) is 0 Å². The summed E-state index contributed by atoms with van der Waals surface area (Å²) in [6.45, 7) is 12.1. The van der Waals surface area contributed by atoms with Crippen molar-refractivity contribution >= 4 is 21.6 Å². The normalized spacial score (nSPS) is 12.1. The fourth-order valence-electron chi connectivity index (χ4n) is 3.46. The molecule has 3 N–H and O–H groups in total. The lowest BCUT2D eigenvalue weighted by Gasteiger charge is -2.14. The third-order valence-electron chi connectivity index (χ3n) is 5.09. The number of aromatic nitrogens is 3. The van der Waals surface area contributed by atoms with Crippen molar-refractivity contribution in [1.82, 2.24) is 19.5 Å². The number of carbonyl (C=O) groups excluding carboxylic acids is 1. The van der Waals surface area contributed by atoms with Crippen LogP contribution in [0, 0.1) is 20.8 Å². The van der Waals surface area contributed by atoms with Crippen molar-refractivity contribution in [2.24, 2.45) is 0 Å². The van der Waals surface area contributed by atoms with Crippen LogP contribution in [-0.2, 0) is 22.0 Å². The van der Waals surface area contributed by atoms with E-state index in [1.807, 2.05) is 41.5 Å². The van der Waals surface area contributed by atoms with Crippen LogP contribution in [0.1, 0.15) is 62.3 Å². The fourth-order valence-corrected chi connectivity index (χ4v) is 4.46. The van der Waals surface area contributed by atoms with Gasteiger partial charge in [0.15, 0.2) is 5.82 Å². The second-order valence-corrected chi connectivity index (χ2v) is 10.7. The highest BCUT2D eigenvalue weighted by atomic mass is 32.2. The largest absolute Gasteiger partial charge is 0.399 e. The topological polar surface area (TPSA) is 120 Å². The Kier molecular flexibility index (Phi) is 6.15. The summed E-state index contributed by atoms with van der Waals surface area (Å²) >= 11 is 0. The van der Waals surface area contributed by atoms with Crippen LogP contribution in [0.2, 0.25) is 0 Å². The van der Waals surface area contributed by atoms with Gasteiger partial charge in [0.25, 0.3) is 10.0 Å². The lowest BCUT2D eigenvalue weighted by atomic mass is 9.96. The molecule has 0 aliphatic carbocycles. The first kappa shape index (κ1) is 23.5. The number of rotatable bonds is 5. The molecule has 3 aromatic rings. The summed E-state index contributed by atoms with van der Waals surface area (Å²) in [6.07, 6.45) is 0. The third-order valence-corrected chi connectivity index (χ3v) is 6.42. The van der Waals surface area contributed by atoms with Gasteiger partial charge in [-0.1, -0.05) is 44.5 Å². The zero-order valence-corrected chi connectivity index (χ0v) is 20.0. The average Bonchev–Trinajstić information content (AvgIpc) is 3.09. The molecule has 0 fully saturated rings. The number of aryl methyl sites for hydroxylation is 3. The molecule has 0 radical (unpaired) electrons. The lowest BCUT2D eigenvalue weighted by Crippen LogP contribution is -2.33. The maximum absolute atomic E-state index is 13.0. The predicted octanol–water partition coefficient (Wildman–Crippen LogP) is 3.74. The third kappa shape index (κ3) is 4.99. The van der Waals surface area contributed by atoms with Crippen molar-refractivity contribution in [1.29, 1.82) is 0 Å². The summed E-state index contributed by atoms with van der Waals surface area (Å²) in [5, 5.41) is 4.55. The molecule has 0 spiro atoms. The minimum atomic E-state index is -4.13. The van der Waals surface area contributed by atoms with Crippen LogP contribution in [0.5, 0.6) is 0 Å². The molecule has 0 saturated carbocycles. The minimum Gasteiger partial charge on any atom is -0.399 e. The zero-order chi connectivity index (χ0) is 23.8. The van der Waals surface area contributed by atoms with Gasteiger partial charge < -0.3 is 5.73 Å². The highest BCUT2D eigenvalue weighted by Crippen LogP contribution is 2.22. The number of nitrogens with one attached hydrogen (secondary N) is 1. The van der Waals surface area contributed by atoms with Crippen molar-refractivity contribution in [3.63, 3.8) is 0 Å². The number of hydrogen-bond donors (Lipinski definition) is 2. The van der Waals surface area contributed by atoms with Gasteiger partial charge in [-0.3, -0.25) is 4.79 Å². The number of nitrogens with two attached hydrogens (primary N) is 1. The van der Waals surface area contributed by atoms with Crippen molar-refractivity contribution in [2.45, 2.75) is 58.4 Å². The molecule has 2 aromatic carbocycles. The summed E-state index contributed by atoms with van der Waals surface area (Å²) in [7, 11) is -4.13. The summed E-state index contributed by atoms with van der Waals surface area (Å²) in [4.78, 5) is 17.4. The smallest absolute Gasteiger partial charge is 0.302 e. The van der Waals surface area contributed by atoms with Crippen LogP contribution in [0.4, 0.5) is 5.69 Å². The van der Waals surface area contributed by atoms with Crippen LogP contribution < -0.4 is 10.5 Å². The highest BCUT2D eigenvalue weighted by Gasteiger charge is 2.28. The number of carbonyl (C=O) groups is 1. The zero-order valence-electron chi connectivity index (χ0n) is 19.2. The van der Waals surface area contributed by atoms with Gasteiger partial charge in [-0.2, -0.15) is 5.10 Å². The number of nitrogens with zero attached hydrogens (tertiary/aromatic N) is 3. The Bertz CT molecular complexity index is 1280. The molecule has 3 rings (SSSR count). The molecule has 174 valence electrons. The first-order valence-electron chi connectivity index (χ1n) is 10.2. The molecule has 0 atom stereocenters. The van der Waals surface area contributed by atoms with Gasteiger partial charge in [-0.25, -0.2) is 22.8 Å². The van der Waals surface area contributed by atoms with Crippen LogP contribution in [0.15, 0.2) is 41.3 Å². The average molecular weight is 460 g/mol. The Morgan fingerprint density at radius 3 is 2.31 bits per heavy atom. The van der Waals surface area contributed by atoms with E-state index in [0.717, 1.165) is 22.3 Å². The summed E-state index contributed by atoms with van der Waals surface area (Å²) in [5.74, 6) is -0.467. The van der Waals surface area contributed by atoms with Crippen molar-refractivity contribution in [2.75, 3.05) is 5.73 Å². The molecule has 0 aliphatic heterocycles. The monoisotopic (exact) mass is 459 g/mol. The Morgan fingerprint density at radius 1 is 1.12 bits per heavy atom. The van der Waals surface area contributed by atoms with Gasteiger partial charge in [0.05, 0.1) is 11.4 Å². The summed E-state index contributed by atoms with van der Waals surface area (Å²) < 4.78 is 29.1. The van der Waals surface area contributed by atoms with Gasteiger partial charge in [0, 0.05) is 14.0 Å². The number of hydrogen-bond acceptors (Lipinski definition) is 6. The van der Waals surface area contributed by atoms with Gasteiger partial charge >= 0.3 is 5.91 Å². The second-order valence-electron chi connectivity index (χ2n) is 9.05. The van der Waals surface area contributed by atoms with Crippen LogP contribution >= 0.6 is 0 Å². The first-order chi connectivity index (χ1) is 14.8. The van der Waals surface area contributed by atoms with Crippen molar-refractivity contribution in [3.05, 3.63) is 70.3 Å². The molecule has 1 heterocycles. The van der Waals surface area contributed by atoms with Gasteiger partial charge in [0.2, 0.25) is 5.82 Å². The van der Waals surface area contributed by atoms with E-state index >= 15 is 0 Å². The Hall–Kier alpha value is -3.20. The van der Waals surface area contributed by atoms with Crippen LogP contribution in [0.25, 0.3) is 0 Å². The Morgan fingerprint density at radius 2 is 1.75 bits per heavy atom. The molecule has 0 aliphatic rings. The lowest BCUT2D eigenvalue weighted by molar-refractivity contribution is 0.0966. The maximum atomic E-state index is 13.0. The van der Waals surface area contributed by atoms with Gasteiger partial charge in [-0.05, 0) is 55.7 Å². The van der Waals surface area contributed by atoms with E-state index in [1.165, 1.54) is 22.9 Å². The van der Waals surface area contributed by atoms with Crippen LogP contribution in [0.3, 0.4) is 0 Å². The molecule has 9 heteroatoms. The van der Waals surface area contributed by atoms with E-state index in [9.17, 15) is 13.2 Å². The van der Waals surface area contributed by atoms with E-state index in [1.54, 1.807) is 6.07 Å². The van der Waals surface area contributed by atoms with E-state index < -0.39 is 21.3 Å². The van der Waals surface area contributed by atoms with E-state index in [0.29, 0.717) is 12.4 Å². The highest BCUT2D eigenvalue weighted by molar-refractivity contribution is 7.90. The number of nitrogen functional groups attached to an aromatic ring is 1. The SMILES string of the molecule is Cc1cc(C)c(Cn2nc(C(C)(C)C)nc2C(=O)NS(=O)(=O)c2cccc(N)c2)c(C)c1.[HH].[HH]. The molecule has 1 amide bonds. The van der Waals surface area contributed by atoms with Crippen LogP contribution in [-0.4, -0.2) is 29.1 Å². The second kappa shape index (κ2) is 8.38. The van der Waals surface area contributed by atoms with Crippen molar-refractivity contribution < 1.29 is 16.1 Å². The molecule has 8 nitrogen and oxygen atoms in total. The van der Waals surface area contributed by atoms with E-state index in [-0.39, 0.29) is 19.3 Å². The van der Waals surface area contributed by atoms with Crippen molar-refractivity contribution in [3.8, 4) is 0 Å². The molecule has 0 unspecified atom stereocenters.